The summed E-state index contributed by atoms with van der Waals surface area (Å²) in [5.74, 6) is -1.50. The van der Waals surface area contributed by atoms with Crippen molar-refractivity contribution < 1.29 is 84.3 Å². The molecule has 0 radical (unpaired) electrons. The second-order valence-corrected chi connectivity index (χ2v) is 13.2. The van der Waals surface area contributed by atoms with Gasteiger partial charge in [-0.25, -0.2) is 0 Å². The Morgan fingerprint density at radius 2 is 1.28 bits per heavy atom. The SMILES string of the molecule is CC(=O)OC[C@H]1O[C@@H](OC2CC(O)CC3OC(C4CCC(O)C(O)C4)C(O[C@@H]4O[C@H](CO)[C@@H](O)[C@H](O)[C@H]4O)CC32)[C@H](O)[C@@H](O)[C@@H]1O. The zero-order valence-corrected chi connectivity index (χ0v) is 25.5. The summed E-state index contributed by atoms with van der Waals surface area (Å²) in [5, 5.41) is 104. The highest BCUT2D eigenvalue weighted by molar-refractivity contribution is 5.65. The molecule has 2 saturated carbocycles. The first-order valence-electron chi connectivity index (χ1n) is 15.9. The lowest BCUT2D eigenvalue weighted by atomic mass is 9.72. The van der Waals surface area contributed by atoms with E-state index in [0.717, 1.165) is 6.92 Å². The van der Waals surface area contributed by atoms with Crippen molar-refractivity contribution in [1.82, 2.24) is 0 Å². The molecule has 0 aromatic carbocycles. The minimum Gasteiger partial charge on any atom is -0.463 e. The maximum absolute atomic E-state index is 11.3. The predicted molar refractivity (Wildman–Crippen MR) is 148 cm³/mol. The normalized spacial score (nSPS) is 51.7. The molecule has 9 unspecified atom stereocenters. The fraction of sp³-hybridized carbons (Fsp3) is 0.966. The molecule has 17 heteroatoms. The van der Waals surface area contributed by atoms with E-state index in [1.165, 1.54) is 0 Å². The van der Waals surface area contributed by atoms with Crippen LogP contribution >= 0.6 is 0 Å². The van der Waals surface area contributed by atoms with Crippen LogP contribution in [0.1, 0.15) is 45.4 Å². The number of hydrogen-bond acceptors (Lipinski definition) is 17. The number of carbonyl (C=O) groups is 1. The van der Waals surface area contributed by atoms with Gasteiger partial charge >= 0.3 is 5.97 Å². The second-order valence-electron chi connectivity index (χ2n) is 13.2. The van der Waals surface area contributed by atoms with Crippen molar-refractivity contribution in [2.75, 3.05) is 13.2 Å². The van der Waals surface area contributed by atoms with Gasteiger partial charge in [-0.2, -0.15) is 0 Å². The summed E-state index contributed by atoms with van der Waals surface area (Å²) in [6.07, 6.45) is -19.9. The fourth-order valence-electron chi connectivity index (χ4n) is 7.43. The summed E-state index contributed by atoms with van der Waals surface area (Å²) < 4.78 is 35.1. The lowest BCUT2D eigenvalue weighted by molar-refractivity contribution is -0.344. The standard InChI is InChI=1S/C29H48O17/c1-10(31)41-9-20-22(36)24(38)26(40)28(46-20)43-17-6-12(32)5-16-13(17)7-18(27(42-16)11-2-3-14(33)15(34)4-11)44-29-25(39)23(37)21(35)19(8-30)45-29/h11-30,32-40H,2-9H2,1H3/t11?,12?,13?,14?,15?,16?,17?,18?,19-,20-,21-,22-,23+,24+,25-,26-,27?,28-,29-/m1/s1. The van der Waals surface area contributed by atoms with Gasteiger partial charge in [0.2, 0.25) is 0 Å². The molecule has 5 aliphatic rings. The Kier molecular flexibility index (Phi) is 11.9. The van der Waals surface area contributed by atoms with Gasteiger partial charge < -0.3 is 79.5 Å². The first kappa shape index (κ1) is 36.2. The number of aliphatic hydroxyl groups excluding tert-OH is 10. The molecule has 46 heavy (non-hydrogen) atoms. The zero-order chi connectivity index (χ0) is 33.4. The first-order valence-corrected chi connectivity index (χ1v) is 15.9. The van der Waals surface area contributed by atoms with E-state index in [1.807, 2.05) is 0 Å². The van der Waals surface area contributed by atoms with Crippen LogP contribution in [0.2, 0.25) is 0 Å². The Balaban J connectivity index is 1.37. The summed E-state index contributed by atoms with van der Waals surface area (Å²) in [7, 11) is 0. The summed E-state index contributed by atoms with van der Waals surface area (Å²) in [4.78, 5) is 11.3. The van der Waals surface area contributed by atoms with E-state index in [0.29, 0.717) is 12.8 Å². The number of rotatable bonds is 8. The third-order valence-corrected chi connectivity index (χ3v) is 10.0. The van der Waals surface area contributed by atoms with Gasteiger partial charge in [-0.15, -0.1) is 0 Å². The van der Waals surface area contributed by atoms with Gasteiger partial charge in [0.1, 0.15) is 55.4 Å². The molecular weight excluding hydrogens is 620 g/mol. The smallest absolute Gasteiger partial charge is 0.302 e. The van der Waals surface area contributed by atoms with Crippen LogP contribution in [0, 0.1) is 11.8 Å². The minimum absolute atomic E-state index is 0.0656. The Morgan fingerprint density at radius 1 is 0.674 bits per heavy atom. The van der Waals surface area contributed by atoms with Crippen LogP contribution in [0.5, 0.6) is 0 Å². The van der Waals surface area contributed by atoms with Gasteiger partial charge in [-0.05, 0) is 38.0 Å². The van der Waals surface area contributed by atoms with E-state index < -0.39 is 129 Å². The molecule has 5 fully saturated rings. The van der Waals surface area contributed by atoms with Gasteiger partial charge in [0.15, 0.2) is 12.6 Å². The molecule has 0 bridgehead atoms. The Labute approximate surface area is 265 Å². The van der Waals surface area contributed by atoms with Gasteiger partial charge in [0.05, 0.1) is 49.3 Å². The molecule has 0 spiro atoms. The van der Waals surface area contributed by atoms with Crippen molar-refractivity contribution in [3.8, 4) is 0 Å². The summed E-state index contributed by atoms with van der Waals surface area (Å²) in [5.41, 5.74) is 0. The van der Waals surface area contributed by atoms with Crippen molar-refractivity contribution in [2.45, 2.75) is 150 Å². The molecule has 0 aromatic rings. The average molecular weight is 669 g/mol. The lowest BCUT2D eigenvalue weighted by Crippen LogP contribution is -2.63. The van der Waals surface area contributed by atoms with E-state index in [1.54, 1.807) is 0 Å². The van der Waals surface area contributed by atoms with Gasteiger partial charge in [-0.1, -0.05) is 0 Å². The average Bonchev–Trinajstić information content (AvgIpc) is 3.02. The van der Waals surface area contributed by atoms with E-state index in [2.05, 4.69) is 0 Å². The molecule has 3 heterocycles. The Hall–Kier alpha value is -1.13. The molecule has 0 aromatic heterocycles. The van der Waals surface area contributed by atoms with Crippen molar-refractivity contribution in [1.29, 1.82) is 0 Å². The van der Waals surface area contributed by atoms with Crippen molar-refractivity contribution in [3.05, 3.63) is 0 Å². The lowest BCUT2D eigenvalue weighted by Gasteiger charge is -2.52. The molecule has 10 N–H and O–H groups in total. The molecule has 19 atom stereocenters. The van der Waals surface area contributed by atoms with Gasteiger partial charge in [0, 0.05) is 19.3 Å². The fourth-order valence-corrected chi connectivity index (χ4v) is 7.43. The third-order valence-electron chi connectivity index (χ3n) is 10.0. The van der Waals surface area contributed by atoms with E-state index in [9.17, 15) is 55.9 Å². The minimum atomic E-state index is -1.70. The number of fused-ring (bicyclic) bond motifs is 1. The van der Waals surface area contributed by atoms with Crippen LogP contribution in [0.3, 0.4) is 0 Å². The van der Waals surface area contributed by atoms with Crippen LogP contribution in [0.25, 0.3) is 0 Å². The monoisotopic (exact) mass is 668 g/mol. The Bertz CT molecular complexity index is 1000. The van der Waals surface area contributed by atoms with Crippen molar-refractivity contribution in [2.24, 2.45) is 11.8 Å². The molecule has 3 saturated heterocycles. The maximum atomic E-state index is 11.3. The molecule has 17 nitrogen and oxygen atoms in total. The third kappa shape index (κ3) is 7.69. The van der Waals surface area contributed by atoms with Crippen molar-refractivity contribution in [3.63, 3.8) is 0 Å². The molecule has 5 rings (SSSR count). The second kappa shape index (κ2) is 15.2. The highest BCUT2D eigenvalue weighted by Gasteiger charge is 2.54. The Morgan fingerprint density at radius 3 is 1.89 bits per heavy atom. The van der Waals surface area contributed by atoms with E-state index in [4.69, 9.17) is 28.4 Å². The van der Waals surface area contributed by atoms with Crippen LogP contribution in [0.4, 0.5) is 0 Å². The molecule has 0 amide bonds. The van der Waals surface area contributed by atoms with Crippen LogP contribution in [-0.2, 0) is 33.2 Å². The number of esters is 1. The first-order chi connectivity index (χ1) is 21.8. The van der Waals surface area contributed by atoms with Crippen molar-refractivity contribution >= 4 is 5.97 Å². The maximum Gasteiger partial charge on any atom is 0.302 e. The van der Waals surface area contributed by atoms with Crippen LogP contribution < -0.4 is 0 Å². The number of aliphatic hydroxyl groups is 10. The molecule has 3 aliphatic heterocycles. The predicted octanol–water partition coefficient (Wildman–Crippen LogP) is -4.62. The van der Waals surface area contributed by atoms with Crippen LogP contribution in [0.15, 0.2) is 0 Å². The highest BCUT2D eigenvalue weighted by Crippen LogP contribution is 2.45. The van der Waals surface area contributed by atoms with E-state index in [-0.39, 0.29) is 31.6 Å². The number of carbonyl (C=O) groups excluding carboxylic acids is 1. The zero-order valence-electron chi connectivity index (χ0n) is 25.5. The number of ether oxygens (including phenoxy) is 6. The van der Waals surface area contributed by atoms with E-state index >= 15 is 0 Å². The quantitative estimate of drug-likeness (QED) is 0.109. The largest absolute Gasteiger partial charge is 0.463 e. The van der Waals surface area contributed by atoms with Crippen LogP contribution in [-0.4, -0.2) is 174 Å². The highest BCUT2D eigenvalue weighted by atomic mass is 16.7. The molecular formula is C29H48O17. The van der Waals surface area contributed by atoms with Gasteiger partial charge in [-0.3, -0.25) is 4.79 Å². The number of hydrogen-bond donors (Lipinski definition) is 10. The summed E-state index contributed by atoms with van der Waals surface area (Å²) in [6.45, 7) is 0.0811. The molecule has 2 aliphatic carbocycles. The molecule has 266 valence electrons. The van der Waals surface area contributed by atoms with Gasteiger partial charge in [0.25, 0.3) is 0 Å². The summed E-state index contributed by atoms with van der Waals surface area (Å²) >= 11 is 0. The topological polar surface area (TPSA) is 275 Å². The summed E-state index contributed by atoms with van der Waals surface area (Å²) in [6, 6.07) is 0.